The molecule has 0 radical (unpaired) electrons. The van der Waals surface area contributed by atoms with Crippen LogP contribution in [0, 0.1) is 24.1 Å². The van der Waals surface area contributed by atoms with Gasteiger partial charge in [-0.1, -0.05) is 24.3 Å². The van der Waals surface area contributed by atoms with E-state index in [1.54, 1.807) is 37.3 Å². The maximum absolute atomic E-state index is 15.2. The van der Waals surface area contributed by atoms with E-state index in [9.17, 15) is 28.4 Å². The quantitative estimate of drug-likeness (QED) is 0.369. The van der Waals surface area contributed by atoms with Crippen LogP contribution in [-0.4, -0.2) is 40.7 Å². The summed E-state index contributed by atoms with van der Waals surface area (Å²) in [5, 5.41) is 12.1. The number of nitriles is 1. The van der Waals surface area contributed by atoms with E-state index in [-0.39, 0.29) is 35.8 Å². The lowest BCUT2D eigenvalue weighted by molar-refractivity contribution is -0.133. The molecule has 3 aliphatic rings. The molecule has 0 unspecified atom stereocenters. The number of hydrogen-bond donors (Lipinski definition) is 1. The van der Waals surface area contributed by atoms with Crippen LogP contribution in [0.1, 0.15) is 72.7 Å². The third-order valence-electron chi connectivity index (χ3n) is 8.51. The number of anilines is 2. The molecule has 2 saturated carbocycles. The molecular formula is C33H30F3N5O3. The maximum atomic E-state index is 15.2. The average molecular weight is 602 g/mol. The molecule has 2 heterocycles. The van der Waals surface area contributed by atoms with E-state index >= 15 is 4.39 Å². The van der Waals surface area contributed by atoms with Gasteiger partial charge in [0.2, 0.25) is 11.8 Å². The number of pyridine rings is 1. The van der Waals surface area contributed by atoms with Gasteiger partial charge >= 0.3 is 0 Å². The average Bonchev–Trinajstić information content (AvgIpc) is 3.76. The zero-order chi connectivity index (χ0) is 31.2. The lowest BCUT2D eigenvalue weighted by Crippen LogP contribution is -2.56. The van der Waals surface area contributed by atoms with Gasteiger partial charge in [0.1, 0.15) is 23.7 Å². The predicted octanol–water partition coefficient (Wildman–Crippen LogP) is 5.46. The van der Waals surface area contributed by atoms with Crippen LogP contribution < -0.4 is 15.1 Å². The zero-order valence-corrected chi connectivity index (χ0v) is 24.0. The molecule has 226 valence electrons. The summed E-state index contributed by atoms with van der Waals surface area (Å²) < 4.78 is 42.6. The van der Waals surface area contributed by atoms with Crippen LogP contribution in [0.15, 0.2) is 60.8 Å². The number of benzene rings is 2. The lowest BCUT2D eigenvalue weighted by Gasteiger charge is -2.39. The number of rotatable bonds is 8. The Balaban J connectivity index is 1.47. The number of amides is 3. The second-order valence-electron chi connectivity index (χ2n) is 11.8. The summed E-state index contributed by atoms with van der Waals surface area (Å²) >= 11 is 0. The van der Waals surface area contributed by atoms with Gasteiger partial charge in [-0.25, -0.2) is 18.2 Å². The Morgan fingerprint density at radius 2 is 1.86 bits per heavy atom. The summed E-state index contributed by atoms with van der Waals surface area (Å²) in [5.41, 5.74) is 2.14. The lowest BCUT2D eigenvalue weighted by atomic mass is 9.87. The van der Waals surface area contributed by atoms with Crippen molar-refractivity contribution in [1.82, 2.24) is 10.3 Å². The van der Waals surface area contributed by atoms with Gasteiger partial charge in [0.15, 0.2) is 0 Å². The Morgan fingerprint density at radius 1 is 1.11 bits per heavy atom. The largest absolute Gasteiger partial charge is 0.351 e. The van der Waals surface area contributed by atoms with Crippen molar-refractivity contribution in [3.63, 3.8) is 0 Å². The standard InChI is InChI=1S/C33H30F3N5O3/c1-19-4-2-3-5-26(19)30(31(43)39-24-16-33(35,36)17-24)40(25-14-22(21-6-7-21)13-23(34)15-25)32(44)27-8-9-29(42)41(27)28-12-20(18-37)10-11-38-28/h2-5,10-15,21,24,27,30H,6-9,16-17H2,1H3,(H,39,43)/t27-,30-/m0/s1. The minimum atomic E-state index is -2.89. The summed E-state index contributed by atoms with van der Waals surface area (Å²) in [6.45, 7) is 1.76. The molecule has 1 N–H and O–H groups in total. The zero-order valence-electron chi connectivity index (χ0n) is 24.0. The molecule has 0 bridgehead atoms. The van der Waals surface area contributed by atoms with Gasteiger partial charge in [0, 0.05) is 37.2 Å². The molecule has 2 aromatic carbocycles. The third kappa shape index (κ3) is 5.76. The molecule has 44 heavy (non-hydrogen) atoms. The second-order valence-corrected chi connectivity index (χ2v) is 11.8. The van der Waals surface area contributed by atoms with E-state index in [0.29, 0.717) is 16.7 Å². The number of nitrogens with one attached hydrogen (secondary N) is 1. The van der Waals surface area contributed by atoms with Crippen molar-refractivity contribution >= 4 is 29.2 Å². The molecule has 1 aliphatic heterocycles. The van der Waals surface area contributed by atoms with E-state index in [4.69, 9.17) is 0 Å². The first kappa shape index (κ1) is 29.4. The number of halogens is 3. The van der Waals surface area contributed by atoms with Crippen LogP contribution in [0.4, 0.5) is 24.7 Å². The first-order valence-electron chi connectivity index (χ1n) is 14.6. The van der Waals surface area contributed by atoms with Crippen LogP contribution in [0.5, 0.6) is 0 Å². The number of hydrogen-bond acceptors (Lipinski definition) is 5. The first-order chi connectivity index (χ1) is 21.0. The van der Waals surface area contributed by atoms with E-state index in [1.807, 2.05) is 6.07 Å². The summed E-state index contributed by atoms with van der Waals surface area (Å²) in [4.78, 5) is 48.7. The Hall–Kier alpha value is -4.72. The summed E-state index contributed by atoms with van der Waals surface area (Å²) in [6, 6.07) is 12.8. The van der Waals surface area contributed by atoms with Crippen LogP contribution in [0.3, 0.4) is 0 Å². The maximum Gasteiger partial charge on any atom is 0.252 e. The van der Waals surface area contributed by atoms with Crippen molar-refractivity contribution < 1.29 is 27.6 Å². The summed E-state index contributed by atoms with van der Waals surface area (Å²) in [7, 11) is 0. The van der Waals surface area contributed by atoms with Crippen molar-refractivity contribution in [2.75, 3.05) is 9.80 Å². The number of aromatic nitrogens is 1. The molecule has 1 aromatic heterocycles. The molecular weight excluding hydrogens is 571 g/mol. The van der Waals surface area contributed by atoms with Crippen LogP contribution >= 0.6 is 0 Å². The Labute approximate surface area is 252 Å². The molecule has 11 heteroatoms. The molecule has 3 aromatic rings. The van der Waals surface area contributed by atoms with Gasteiger partial charge in [-0.15, -0.1) is 0 Å². The molecule has 3 amide bonds. The highest BCUT2D eigenvalue weighted by Gasteiger charge is 2.48. The Morgan fingerprint density at radius 3 is 2.55 bits per heavy atom. The molecule has 1 saturated heterocycles. The van der Waals surface area contributed by atoms with Crippen molar-refractivity contribution in [3.05, 3.63) is 88.9 Å². The topological polar surface area (TPSA) is 106 Å². The Kier molecular flexibility index (Phi) is 7.61. The summed E-state index contributed by atoms with van der Waals surface area (Å²) in [6.07, 6.45) is 2.15. The number of carbonyl (C=O) groups is 3. The van der Waals surface area contributed by atoms with Gasteiger partial charge in [-0.3, -0.25) is 24.2 Å². The minimum absolute atomic E-state index is 0.0115. The molecule has 6 rings (SSSR count). The molecule has 0 spiro atoms. The molecule has 2 aliphatic carbocycles. The van der Waals surface area contributed by atoms with E-state index in [2.05, 4.69) is 10.3 Å². The Bertz CT molecular complexity index is 1680. The fourth-order valence-corrected chi connectivity index (χ4v) is 6.11. The van der Waals surface area contributed by atoms with E-state index in [1.165, 1.54) is 40.3 Å². The third-order valence-corrected chi connectivity index (χ3v) is 8.51. The van der Waals surface area contributed by atoms with Crippen LogP contribution in [0.25, 0.3) is 0 Å². The fourth-order valence-electron chi connectivity index (χ4n) is 6.11. The van der Waals surface area contributed by atoms with E-state index < -0.39 is 60.4 Å². The van der Waals surface area contributed by atoms with Crippen molar-refractivity contribution in [3.8, 4) is 6.07 Å². The predicted molar refractivity (Wildman–Crippen MR) is 155 cm³/mol. The number of alkyl halides is 2. The van der Waals surface area contributed by atoms with Crippen molar-refractivity contribution in [2.45, 2.75) is 75.4 Å². The monoisotopic (exact) mass is 601 g/mol. The highest BCUT2D eigenvalue weighted by molar-refractivity contribution is 6.10. The van der Waals surface area contributed by atoms with E-state index in [0.717, 1.165) is 12.8 Å². The number of carbonyl (C=O) groups excluding carboxylic acids is 3. The van der Waals surface area contributed by atoms with Crippen molar-refractivity contribution in [2.24, 2.45) is 0 Å². The van der Waals surface area contributed by atoms with Gasteiger partial charge < -0.3 is 5.32 Å². The first-order valence-corrected chi connectivity index (χ1v) is 14.6. The highest BCUT2D eigenvalue weighted by atomic mass is 19.3. The van der Waals surface area contributed by atoms with Gasteiger partial charge in [0.05, 0.1) is 11.6 Å². The minimum Gasteiger partial charge on any atom is -0.351 e. The number of nitrogens with zero attached hydrogens (tertiary/aromatic N) is 4. The second kappa shape index (κ2) is 11.4. The fraction of sp³-hybridized carbons (Fsp3) is 0.364. The van der Waals surface area contributed by atoms with Gasteiger partial charge in [0.25, 0.3) is 11.8 Å². The van der Waals surface area contributed by atoms with Crippen LogP contribution in [-0.2, 0) is 14.4 Å². The van der Waals surface area contributed by atoms with Crippen molar-refractivity contribution in [1.29, 1.82) is 5.26 Å². The van der Waals surface area contributed by atoms with Crippen LogP contribution in [0.2, 0.25) is 0 Å². The number of aryl methyl sites for hydroxylation is 1. The normalized spacial score (nSPS) is 20.0. The smallest absolute Gasteiger partial charge is 0.252 e. The molecule has 3 fully saturated rings. The van der Waals surface area contributed by atoms with Gasteiger partial charge in [-0.2, -0.15) is 5.26 Å². The van der Waals surface area contributed by atoms with Gasteiger partial charge in [-0.05, 0) is 79.1 Å². The highest BCUT2D eigenvalue weighted by Crippen LogP contribution is 2.43. The SMILES string of the molecule is Cc1ccccc1[C@@H](C(=O)NC1CC(F)(F)C1)N(C(=O)[C@@H]1CCC(=O)N1c1cc(C#N)ccn1)c1cc(F)cc(C2CC2)c1. The summed E-state index contributed by atoms with van der Waals surface area (Å²) in [5.74, 6) is -4.99. The molecule has 8 nitrogen and oxygen atoms in total. The molecule has 2 atom stereocenters.